The Morgan fingerprint density at radius 2 is 0.789 bits per heavy atom. The number of rotatable bonds is 2. The van der Waals surface area contributed by atoms with E-state index >= 15 is 0 Å². The molecule has 2 aromatic rings. The zero-order valence-corrected chi connectivity index (χ0v) is 14.3. The smallest absolute Gasteiger partial charge is 0.0683 e. The Balaban J connectivity index is 0.000000741. The second-order valence-electron chi connectivity index (χ2n) is 4.36. The SMILES string of the molecule is CC.CC.C[Si](C)(c1ccccc1)c1ccccc1. The highest BCUT2D eigenvalue weighted by atomic mass is 28.3. The largest absolute Gasteiger partial charge is 0.112 e. The second-order valence-corrected chi connectivity index (χ2v) is 8.76. The Kier molecular flexibility index (Phi) is 8.89. The van der Waals surface area contributed by atoms with Crippen LogP contribution in [0.5, 0.6) is 0 Å². The van der Waals surface area contributed by atoms with Gasteiger partial charge in [0.1, 0.15) is 8.07 Å². The average Bonchev–Trinajstić information content (AvgIpc) is 2.53. The van der Waals surface area contributed by atoms with Gasteiger partial charge in [0.2, 0.25) is 0 Å². The predicted molar refractivity (Wildman–Crippen MR) is 92.3 cm³/mol. The molecule has 0 saturated heterocycles. The molecule has 19 heavy (non-hydrogen) atoms. The van der Waals surface area contributed by atoms with E-state index in [2.05, 4.69) is 73.8 Å². The quantitative estimate of drug-likeness (QED) is 0.703. The van der Waals surface area contributed by atoms with Crippen molar-refractivity contribution in [1.82, 2.24) is 0 Å². The van der Waals surface area contributed by atoms with Gasteiger partial charge in [-0.1, -0.05) is 112 Å². The zero-order chi connectivity index (χ0) is 14.7. The summed E-state index contributed by atoms with van der Waals surface area (Å²) in [6.07, 6.45) is 0. The van der Waals surface area contributed by atoms with Gasteiger partial charge >= 0.3 is 0 Å². The molecular formula is C18H28Si. The van der Waals surface area contributed by atoms with Crippen LogP contribution in [0.2, 0.25) is 13.1 Å². The summed E-state index contributed by atoms with van der Waals surface area (Å²) in [4.78, 5) is 0. The standard InChI is InChI=1S/C14H16Si.2C2H6/c1-15(2,13-9-5-3-6-10-13)14-11-7-4-8-12-14;2*1-2/h3-12H,1-2H3;2*1-2H3. The van der Waals surface area contributed by atoms with Crippen LogP contribution in [0.3, 0.4) is 0 Å². The molecule has 0 nitrogen and oxygen atoms in total. The number of benzene rings is 2. The first-order valence-corrected chi connectivity index (χ1v) is 10.3. The Hall–Kier alpha value is -1.34. The van der Waals surface area contributed by atoms with Crippen LogP contribution in [0.25, 0.3) is 0 Å². The van der Waals surface area contributed by atoms with Crippen LogP contribution >= 0.6 is 0 Å². The third-order valence-electron chi connectivity index (χ3n) is 2.99. The molecule has 0 atom stereocenters. The van der Waals surface area contributed by atoms with Gasteiger partial charge in [0.25, 0.3) is 0 Å². The maximum Gasteiger partial charge on any atom is 0.112 e. The third-order valence-corrected chi connectivity index (χ3v) is 6.54. The van der Waals surface area contributed by atoms with E-state index < -0.39 is 8.07 Å². The van der Waals surface area contributed by atoms with Gasteiger partial charge in [0, 0.05) is 0 Å². The van der Waals surface area contributed by atoms with E-state index in [1.54, 1.807) is 0 Å². The molecule has 0 heterocycles. The van der Waals surface area contributed by atoms with Gasteiger partial charge < -0.3 is 0 Å². The molecule has 0 aliphatic heterocycles. The van der Waals surface area contributed by atoms with Crippen molar-refractivity contribution in [1.29, 1.82) is 0 Å². The average molecular weight is 273 g/mol. The van der Waals surface area contributed by atoms with Crippen LogP contribution in [-0.2, 0) is 0 Å². The monoisotopic (exact) mass is 272 g/mol. The van der Waals surface area contributed by atoms with Gasteiger partial charge in [-0.15, -0.1) is 0 Å². The molecule has 0 unspecified atom stereocenters. The normalized spacial score (nSPS) is 9.58. The van der Waals surface area contributed by atoms with Crippen molar-refractivity contribution in [3.8, 4) is 0 Å². The van der Waals surface area contributed by atoms with E-state index in [4.69, 9.17) is 0 Å². The highest BCUT2D eigenvalue weighted by molar-refractivity contribution is 7.00. The first-order valence-electron chi connectivity index (χ1n) is 7.32. The number of hydrogen-bond acceptors (Lipinski definition) is 0. The minimum atomic E-state index is -1.46. The predicted octanol–water partition coefficient (Wildman–Crippen LogP) is 4.56. The minimum absolute atomic E-state index is 1.46. The third kappa shape index (κ3) is 5.04. The molecule has 0 aromatic heterocycles. The highest BCUT2D eigenvalue weighted by Gasteiger charge is 2.24. The van der Waals surface area contributed by atoms with Gasteiger partial charge in [-0.05, 0) is 0 Å². The van der Waals surface area contributed by atoms with Crippen molar-refractivity contribution in [2.45, 2.75) is 40.8 Å². The molecule has 2 rings (SSSR count). The van der Waals surface area contributed by atoms with Crippen molar-refractivity contribution >= 4 is 18.4 Å². The van der Waals surface area contributed by atoms with Crippen molar-refractivity contribution < 1.29 is 0 Å². The molecule has 0 radical (unpaired) electrons. The molecule has 1 heteroatoms. The zero-order valence-electron chi connectivity index (χ0n) is 13.3. The molecule has 0 amide bonds. The maximum absolute atomic E-state index is 2.40. The van der Waals surface area contributed by atoms with Crippen LogP contribution in [0.15, 0.2) is 60.7 Å². The fourth-order valence-corrected chi connectivity index (χ4v) is 4.26. The summed E-state index contributed by atoms with van der Waals surface area (Å²) in [5.74, 6) is 0. The summed E-state index contributed by atoms with van der Waals surface area (Å²) < 4.78 is 0. The summed E-state index contributed by atoms with van der Waals surface area (Å²) in [5.41, 5.74) is 0. The number of hydrogen-bond donors (Lipinski definition) is 0. The topological polar surface area (TPSA) is 0 Å². The maximum atomic E-state index is 2.40. The van der Waals surface area contributed by atoms with E-state index in [0.717, 1.165) is 0 Å². The summed E-state index contributed by atoms with van der Waals surface area (Å²) >= 11 is 0. The Morgan fingerprint density at radius 3 is 1.05 bits per heavy atom. The van der Waals surface area contributed by atoms with Gasteiger partial charge in [-0.25, -0.2) is 0 Å². The molecule has 2 aromatic carbocycles. The van der Waals surface area contributed by atoms with Crippen LogP contribution in [0.4, 0.5) is 0 Å². The van der Waals surface area contributed by atoms with Crippen molar-refractivity contribution in [3.63, 3.8) is 0 Å². The summed E-state index contributed by atoms with van der Waals surface area (Å²) in [7, 11) is -1.46. The Bertz CT molecular complexity index is 376. The molecule has 0 aliphatic carbocycles. The summed E-state index contributed by atoms with van der Waals surface area (Å²) in [6.45, 7) is 12.8. The molecule has 0 saturated carbocycles. The van der Waals surface area contributed by atoms with E-state index in [9.17, 15) is 0 Å². The first-order chi connectivity index (χ1) is 9.21. The lowest BCUT2D eigenvalue weighted by Gasteiger charge is -2.23. The van der Waals surface area contributed by atoms with Gasteiger partial charge in [0.05, 0.1) is 0 Å². The lowest BCUT2D eigenvalue weighted by Crippen LogP contribution is -2.52. The van der Waals surface area contributed by atoms with Gasteiger partial charge in [-0.3, -0.25) is 0 Å². The van der Waals surface area contributed by atoms with E-state index in [-0.39, 0.29) is 0 Å². The van der Waals surface area contributed by atoms with Crippen LogP contribution in [0.1, 0.15) is 27.7 Å². The highest BCUT2D eigenvalue weighted by Crippen LogP contribution is 2.03. The Labute approximate surface area is 120 Å². The lowest BCUT2D eigenvalue weighted by atomic mass is 10.4. The van der Waals surface area contributed by atoms with Crippen molar-refractivity contribution in [2.75, 3.05) is 0 Å². The fraction of sp³-hybridized carbons (Fsp3) is 0.333. The fourth-order valence-electron chi connectivity index (χ4n) is 1.88. The molecule has 104 valence electrons. The molecule has 0 spiro atoms. The van der Waals surface area contributed by atoms with Gasteiger partial charge in [0.15, 0.2) is 0 Å². The lowest BCUT2D eigenvalue weighted by molar-refractivity contribution is 1.50. The Morgan fingerprint density at radius 1 is 0.526 bits per heavy atom. The molecule has 0 fully saturated rings. The molecule has 0 aliphatic rings. The molecule has 0 N–H and O–H groups in total. The minimum Gasteiger partial charge on any atom is -0.0683 e. The molecule has 0 bridgehead atoms. The van der Waals surface area contributed by atoms with E-state index in [1.807, 2.05) is 27.7 Å². The molecular weight excluding hydrogens is 244 g/mol. The first kappa shape index (κ1) is 17.7. The van der Waals surface area contributed by atoms with Crippen LogP contribution < -0.4 is 10.4 Å². The summed E-state index contributed by atoms with van der Waals surface area (Å²) in [5, 5.41) is 2.99. The van der Waals surface area contributed by atoms with Gasteiger partial charge in [-0.2, -0.15) is 0 Å². The second kappa shape index (κ2) is 9.57. The van der Waals surface area contributed by atoms with E-state index in [1.165, 1.54) is 10.4 Å². The van der Waals surface area contributed by atoms with Crippen LogP contribution in [0, 0.1) is 0 Å². The summed E-state index contributed by atoms with van der Waals surface area (Å²) in [6, 6.07) is 21.7. The van der Waals surface area contributed by atoms with Crippen molar-refractivity contribution in [2.24, 2.45) is 0 Å². The van der Waals surface area contributed by atoms with Crippen molar-refractivity contribution in [3.05, 3.63) is 60.7 Å². The van der Waals surface area contributed by atoms with E-state index in [0.29, 0.717) is 0 Å². The van der Waals surface area contributed by atoms with Crippen LogP contribution in [-0.4, -0.2) is 8.07 Å².